The van der Waals surface area contributed by atoms with Crippen LogP contribution < -0.4 is 5.32 Å². The van der Waals surface area contributed by atoms with E-state index in [9.17, 15) is 9.59 Å². The molecule has 0 aliphatic carbocycles. The lowest BCUT2D eigenvalue weighted by Crippen LogP contribution is -2.42. The Kier molecular flexibility index (Phi) is 3.83. The molecular weight excluding hydrogens is 404 g/mol. The molecular formula is C24H22N6O2. The summed E-state index contributed by atoms with van der Waals surface area (Å²) in [6.07, 6.45) is 7.66. The summed E-state index contributed by atoms with van der Waals surface area (Å²) in [4.78, 5) is 29.2. The zero-order valence-electron chi connectivity index (χ0n) is 17.8. The summed E-state index contributed by atoms with van der Waals surface area (Å²) in [6.45, 7) is 2.43. The van der Waals surface area contributed by atoms with E-state index in [0.717, 1.165) is 27.9 Å². The van der Waals surface area contributed by atoms with Gasteiger partial charge in [-0.15, -0.1) is 0 Å². The fourth-order valence-corrected chi connectivity index (χ4v) is 5.48. The number of amides is 2. The highest BCUT2D eigenvalue weighted by Gasteiger charge is 2.59. The number of pyridine rings is 1. The molecule has 2 aliphatic rings. The van der Waals surface area contributed by atoms with Crippen LogP contribution in [0, 0.1) is 6.92 Å². The van der Waals surface area contributed by atoms with E-state index >= 15 is 0 Å². The van der Waals surface area contributed by atoms with Crippen molar-refractivity contribution in [3.63, 3.8) is 0 Å². The second kappa shape index (κ2) is 6.53. The number of hydrogen-bond donors (Lipinski definition) is 1. The zero-order chi connectivity index (χ0) is 22.0. The molecule has 1 aromatic carbocycles. The fraction of sp³-hybridized carbons (Fsp3) is 0.250. The summed E-state index contributed by atoms with van der Waals surface area (Å²) in [5.74, 6) is -0.198. The molecule has 8 nitrogen and oxygen atoms in total. The summed E-state index contributed by atoms with van der Waals surface area (Å²) in [6, 6.07) is 11.2. The molecule has 0 saturated carbocycles. The average molecular weight is 426 g/mol. The minimum Gasteiger partial charge on any atom is -0.330 e. The quantitative estimate of drug-likeness (QED) is 0.534. The number of carbonyl (C=O) groups is 2. The van der Waals surface area contributed by atoms with Crippen molar-refractivity contribution in [2.45, 2.75) is 24.8 Å². The van der Waals surface area contributed by atoms with E-state index in [1.54, 1.807) is 21.6 Å². The van der Waals surface area contributed by atoms with Crippen LogP contribution in [-0.4, -0.2) is 42.7 Å². The summed E-state index contributed by atoms with van der Waals surface area (Å²) in [5, 5.41) is 11.8. The van der Waals surface area contributed by atoms with Gasteiger partial charge in [0.1, 0.15) is 5.41 Å². The maximum atomic E-state index is 13.9. The van der Waals surface area contributed by atoms with E-state index in [1.807, 2.05) is 67.7 Å². The molecule has 4 aromatic rings. The van der Waals surface area contributed by atoms with Gasteiger partial charge in [-0.05, 0) is 36.6 Å². The van der Waals surface area contributed by atoms with Crippen LogP contribution >= 0.6 is 0 Å². The number of benzene rings is 1. The largest absolute Gasteiger partial charge is 0.330 e. The van der Waals surface area contributed by atoms with Crippen molar-refractivity contribution in [3.8, 4) is 0 Å². The van der Waals surface area contributed by atoms with Crippen LogP contribution in [0.15, 0.2) is 61.2 Å². The Labute approximate surface area is 184 Å². The Morgan fingerprint density at radius 3 is 2.81 bits per heavy atom. The van der Waals surface area contributed by atoms with Gasteiger partial charge in [0.05, 0.1) is 29.5 Å². The molecule has 2 unspecified atom stereocenters. The molecule has 2 amide bonds. The predicted octanol–water partition coefficient (Wildman–Crippen LogP) is 2.85. The number of nitrogens with zero attached hydrogens (tertiary/aromatic N) is 5. The summed E-state index contributed by atoms with van der Waals surface area (Å²) in [7, 11) is 1.84. The lowest BCUT2D eigenvalue weighted by Gasteiger charge is -2.33. The summed E-state index contributed by atoms with van der Waals surface area (Å²) >= 11 is 0. The van der Waals surface area contributed by atoms with Gasteiger partial charge < -0.3 is 10.2 Å². The van der Waals surface area contributed by atoms with Crippen LogP contribution in [0.25, 0.3) is 5.52 Å². The molecule has 1 fully saturated rings. The molecule has 6 rings (SSSR count). The predicted molar refractivity (Wildman–Crippen MR) is 118 cm³/mol. The first-order valence-electron chi connectivity index (χ1n) is 10.6. The maximum absolute atomic E-state index is 13.9. The molecule has 2 aliphatic heterocycles. The van der Waals surface area contributed by atoms with Crippen LogP contribution in [0.1, 0.15) is 39.5 Å². The Morgan fingerprint density at radius 1 is 1.16 bits per heavy atom. The molecule has 1 N–H and O–H groups in total. The van der Waals surface area contributed by atoms with E-state index in [-0.39, 0.29) is 11.8 Å². The van der Waals surface area contributed by atoms with Crippen molar-refractivity contribution in [2.24, 2.45) is 7.05 Å². The molecule has 8 heteroatoms. The standard InChI is InChI=1S/C24H22N6O2/c1-15-6-5-10-30-20(15)17(13-26-30)22(31)29-11-9-24(21(29)16-12-25-28(2)14-16)18-7-3-4-8-19(18)27-23(24)32/h3-8,10,12-14,21H,9,11H2,1-2H3,(H,27,32). The molecule has 3 aromatic heterocycles. The van der Waals surface area contributed by atoms with E-state index in [0.29, 0.717) is 18.5 Å². The topological polar surface area (TPSA) is 84.5 Å². The van der Waals surface area contributed by atoms with E-state index in [2.05, 4.69) is 15.5 Å². The van der Waals surface area contributed by atoms with Crippen LogP contribution in [0.5, 0.6) is 0 Å². The third-order valence-electron chi connectivity index (χ3n) is 6.86. The van der Waals surface area contributed by atoms with Crippen molar-refractivity contribution in [1.82, 2.24) is 24.3 Å². The van der Waals surface area contributed by atoms with Crippen LogP contribution in [-0.2, 0) is 17.3 Å². The van der Waals surface area contributed by atoms with Crippen LogP contribution in [0.2, 0.25) is 0 Å². The molecule has 32 heavy (non-hydrogen) atoms. The highest BCUT2D eigenvalue weighted by molar-refractivity contribution is 6.09. The van der Waals surface area contributed by atoms with Crippen molar-refractivity contribution in [3.05, 3.63) is 83.4 Å². The highest BCUT2D eigenvalue weighted by atomic mass is 16.2. The summed E-state index contributed by atoms with van der Waals surface area (Å²) < 4.78 is 3.44. The van der Waals surface area contributed by atoms with E-state index in [1.165, 1.54) is 0 Å². The van der Waals surface area contributed by atoms with Crippen LogP contribution in [0.3, 0.4) is 0 Å². The molecule has 5 heterocycles. The molecule has 0 radical (unpaired) electrons. The Bertz CT molecular complexity index is 1400. The molecule has 1 saturated heterocycles. The first-order valence-corrected chi connectivity index (χ1v) is 10.6. The monoisotopic (exact) mass is 426 g/mol. The Balaban J connectivity index is 1.53. The minimum absolute atomic E-state index is 0.0705. The second-order valence-electron chi connectivity index (χ2n) is 8.61. The second-order valence-corrected chi connectivity index (χ2v) is 8.61. The van der Waals surface area contributed by atoms with Gasteiger partial charge in [0, 0.05) is 37.2 Å². The normalized spacial score (nSPS) is 22.0. The third-order valence-corrected chi connectivity index (χ3v) is 6.86. The Morgan fingerprint density at radius 2 is 2.00 bits per heavy atom. The number of aromatic nitrogens is 4. The van der Waals surface area contributed by atoms with Gasteiger partial charge in [0.2, 0.25) is 5.91 Å². The van der Waals surface area contributed by atoms with Gasteiger partial charge in [0.15, 0.2) is 0 Å². The molecule has 1 spiro atoms. The maximum Gasteiger partial charge on any atom is 0.258 e. The number of anilines is 1. The number of carbonyl (C=O) groups excluding carboxylic acids is 2. The van der Waals surface area contributed by atoms with Gasteiger partial charge in [-0.3, -0.25) is 14.3 Å². The molecule has 2 atom stereocenters. The lowest BCUT2D eigenvalue weighted by atomic mass is 9.73. The lowest BCUT2D eigenvalue weighted by molar-refractivity contribution is -0.121. The highest BCUT2D eigenvalue weighted by Crippen LogP contribution is 2.55. The zero-order valence-corrected chi connectivity index (χ0v) is 17.8. The van der Waals surface area contributed by atoms with Gasteiger partial charge in [-0.2, -0.15) is 10.2 Å². The number of fused-ring (bicyclic) bond motifs is 3. The number of rotatable bonds is 2. The van der Waals surface area contributed by atoms with E-state index in [4.69, 9.17) is 0 Å². The summed E-state index contributed by atoms with van der Waals surface area (Å²) in [5.41, 5.74) is 4.05. The van der Waals surface area contributed by atoms with Gasteiger partial charge >= 0.3 is 0 Å². The molecule has 160 valence electrons. The minimum atomic E-state index is -0.854. The molecule has 0 bridgehead atoms. The van der Waals surface area contributed by atoms with Crippen molar-refractivity contribution < 1.29 is 9.59 Å². The van der Waals surface area contributed by atoms with E-state index < -0.39 is 11.5 Å². The number of aryl methyl sites for hydroxylation is 2. The fourth-order valence-electron chi connectivity index (χ4n) is 5.48. The van der Waals surface area contributed by atoms with Gasteiger partial charge in [-0.25, -0.2) is 4.52 Å². The number of hydrogen-bond acceptors (Lipinski definition) is 4. The smallest absolute Gasteiger partial charge is 0.258 e. The van der Waals surface area contributed by atoms with Gasteiger partial charge in [0.25, 0.3) is 5.91 Å². The van der Waals surface area contributed by atoms with Crippen molar-refractivity contribution >= 4 is 23.0 Å². The first kappa shape index (κ1) is 18.8. The SMILES string of the molecule is Cc1cccn2ncc(C(=O)N3CCC4(C(=O)Nc5ccccc54)C3c3cnn(C)c3)c12. The number of likely N-dealkylation sites (tertiary alicyclic amines) is 1. The van der Waals surface area contributed by atoms with Crippen molar-refractivity contribution in [2.75, 3.05) is 11.9 Å². The number of nitrogens with one attached hydrogen (secondary N) is 1. The van der Waals surface area contributed by atoms with Gasteiger partial charge in [-0.1, -0.05) is 24.3 Å². The van der Waals surface area contributed by atoms with Crippen LogP contribution in [0.4, 0.5) is 5.69 Å². The first-order chi connectivity index (χ1) is 15.5. The Hall–Kier alpha value is -3.94. The van der Waals surface area contributed by atoms with Crippen molar-refractivity contribution in [1.29, 1.82) is 0 Å². The number of para-hydroxylation sites is 1. The average Bonchev–Trinajstić information content (AvgIpc) is 3.54. The third kappa shape index (κ3) is 2.37.